The van der Waals surface area contributed by atoms with Crippen molar-refractivity contribution in [3.8, 4) is 0 Å². The molecule has 1 heteroatoms. The van der Waals surface area contributed by atoms with Crippen LogP contribution in [-0.4, -0.2) is 0 Å². The highest BCUT2D eigenvalue weighted by Crippen LogP contribution is 2.35. The molecular weight excluding hydrogens is 206 g/mol. The van der Waals surface area contributed by atoms with E-state index in [-0.39, 0.29) is 0 Å². The van der Waals surface area contributed by atoms with Gasteiger partial charge in [-0.3, -0.25) is 5.32 Å². The second-order valence-corrected chi connectivity index (χ2v) is 5.14. The first kappa shape index (κ1) is 10.6. The topological polar surface area (TPSA) is 14.1 Å². The molecule has 0 unspecified atom stereocenters. The average molecular weight is 224 g/mol. The summed E-state index contributed by atoms with van der Waals surface area (Å²) in [5.74, 6) is 0. The largest absolute Gasteiger partial charge is 0.253 e. The van der Waals surface area contributed by atoms with Crippen LogP contribution in [0.25, 0.3) is 5.70 Å². The van der Waals surface area contributed by atoms with Gasteiger partial charge in [-0.15, -0.1) is 0 Å². The first-order valence-corrected chi connectivity index (χ1v) is 6.47. The van der Waals surface area contributed by atoms with Gasteiger partial charge in [-0.05, 0) is 56.7 Å². The van der Waals surface area contributed by atoms with Gasteiger partial charge in [0.2, 0.25) is 0 Å². The van der Waals surface area contributed by atoms with E-state index in [1.165, 1.54) is 59.3 Å². The predicted molar refractivity (Wildman–Crippen MR) is 71.5 cm³/mol. The van der Waals surface area contributed by atoms with Gasteiger partial charge >= 0.3 is 0 Å². The van der Waals surface area contributed by atoms with Gasteiger partial charge in [-0.2, -0.15) is 0 Å². The molecule has 2 aliphatic rings. The molecule has 17 heavy (non-hydrogen) atoms. The van der Waals surface area contributed by atoms with E-state index in [0.717, 1.165) is 0 Å². The van der Waals surface area contributed by atoms with Gasteiger partial charge in [-0.25, -0.2) is 0 Å². The second kappa shape index (κ2) is 4.06. The predicted octanol–water partition coefficient (Wildman–Crippen LogP) is 4.09. The molecule has 0 amide bonds. The lowest BCUT2D eigenvalue weighted by atomic mass is 9.97. The summed E-state index contributed by atoms with van der Waals surface area (Å²) in [6.07, 6.45) is 7.31. The number of allylic oxidation sites excluding steroid dienone is 3. The molecule has 0 spiro atoms. The molecule has 0 fully saturated rings. The van der Waals surface area contributed by atoms with Crippen molar-refractivity contribution in [3.63, 3.8) is 0 Å². The van der Waals surface area contributed by atoms with Gasteiger partial charge < -0.3 is 0 Å². The standard InChI is InChI=1S/C16H18N/c1-11-7-8-14(12(2)9-11)16-10-13-5-3-4-6-15(13)17-16/h7-10H,3-6H2,1-2H3. The van der Waals surface area contributed by atoms with Crippen molar-refractivity contribution in [3.05, 3.63) is 52.2 Å². The summed E-state index contributed by atoms with van der Waals surface area (Å²) in [5, 5.41) is 4.81. The Balaban J connectivity index is 1.92. The van der Waals surface area contributed by atoms with E-state index in [1.807, 2.05) is 0 Å². The molecule has 1 aromatic rings. The maximum atomic E-state index is 4.81. The summed E-state index contributed by atoms with van der Waals surface area (Å²) in [6.45, 7) is 4.32. The molecule has 0 bridgehead atoms. The van der Waals surface area contributed by atoms with Crippen LogP contribution in [0.2, 0.25) is 0 Å². The minimum atomic E-state index is 1.17. The summed E-state index contributed by atoms with van der Waals surface area (Å²) in [7, 11) is 0. The van der Waals surface area contributed by atoms with E-state index in [2.05, 4.69) is 38.1 Å². The minimum absolute atomic E-state index is 1.17. The maximum absolute atomic E-state index is 4.81. The van der Waals surface area contributed by atoms with Crippen molar-refractivity contribution in [2.24, 2.45) is 0 Å². The zero-order chi connectivity index (χ0) is 11.8. The molecule has 1 aliphatic heterocycles. The van der Waals surface area contributed by atoms with Crippen molar-refractivity contribution < 1.29 is 0 Å². The highest BCUT2D eigenvalue weighted by atomic mass is 14.9. The number of benzene rings is 1. The first-order valence-electron chi connectivity index (χ1n) is 6.47. The zero-order valence-electron chi connectivity index (χ0n) is 10.6. The van der Waals surface area contributed by atoms with Gasteiger partial charge in [0.1, 0.15) is 0 Å². The Labute approximate surface area is 103 Å². The Kier molecular flexibility index (Phi) is 2.54. The number of hydrogen-bond donors (Lipinski definition) is 0. The van der Waals surface area contributed by atoms with Crippen molar-refractivity contribution in [1.29, 1.82) is 0 Å². The molecule has 0 saturated carbocycles. The van der Waals surface area contributed by atoms with Gasteiger partial charge in [0.25, 0.3) is 0 Å². The van der Waals surface area contributed by atoms with Crippen LogP contribution in [0, 0.1) is 13.8 Å². The van der Waals surface area contributed by atoms with E-state index in [9.17, 15) is 0 Å². The fourth-order valence-electron chi connectivity index (χ4n) is 2.78. The van der Waals surface area contributed by atoms with Crippen LogP contribution < -0.4 is 5.32 Å². The molecule has 0 N–H and O–H groups in total. The molecule has 1 nitrogen and oxygen atoms in total. The quantitative estimate of drug-likeness (QED) is 0.682. The molecule has 87 valence electrons. The van der Waals surface area contributed by atoms with E-state index >= 15 is 0 Å². The molecule has 1 heterocycles. The minimum Gasteiger partial charge on any atom is -0.253 e. The summed E-state index contributed by atoms with van der Waals surface area (Å²) in [6, 6.07) is 6.62. The van der Waals surface area contributed by atoms with Crippen molar-refractivity contribution in [2.75, 3.05) is 0 Å². The third-order valence-corrected chi connectivity index (χ3v) is 3.70. The molecule has 0 saturated heterocycles. The van der Waals surface area contributed by atoms with E-state index in [1.54, 1.807) is 0 Å². The van der Waals surface area contributed by atoms with Crippen LogP contribution >= 0.6 is 0 Å². The van der Waals surface area contributed by atoms with Crippen LogP contribution in [0.5, 0.6) is 0 Å². The monoisotopic (exact) mass is 224 g/mol. The highest BCUT2D eigenvalue weighted by molar-refractivity contribution is 5.74. The molecule has 1 aromatic carbocycles. The first-order chi connectivity index (χ1) is 8.24. The summed E-state index contributed by atoms with van der Waals surface area (Å²) in [4.78, 5) is 0. The van der Waals surface area contributed by atoms with E-state index in [0.29, 0.717) is 0 Å². The fraction of sp³-hybridized carbons (Fsp3) is 0.375. The normalized spacial score (nSPS) is 18.8. The van der Waals surface area contributed by atoms with Crippen LogP contribution in [0.4, 0.5) is 0 Å². The Hall–Kier alpha value is -1.50. The Morgan fingerprint density at radius 3 is 2.65 bits per heavy atom. The molecule has 1 radical (unpaired) electrons. The second-order valence-electron chi connectivity index (χ2n) is 5.14. The van der Waals surface area contributed by atoms with E-state index in [4.69, 9.17) is 5.32 Å². The molecule has 3 rings (SSSR count). The number of hydrogen-bond acceptors (Lipinski definition) is 0. The number of nitrogens with zero attached hydrogens (tertiary/aromatic N) is 1. The van der Waals surface area contributed by atoms with Gasteiger partial charge in [-0.1, -0.05) is 23.8 Å². The average Bonchev–Trinajstić information content (AvgIpc) is 2.72. The van der Waals surface area contributed by atoms with Gasteiger partial charge in [0.15, 0.2) is 0 Å². The Morgan fingerprint density at radius 2 is 1.88 bits per heavy atom. The Morgan fingerprint density at radius 1 is 1.06 bits per heavy atom. The fourth-order valence-corrected chi connectivity index (χ4v) is 2.78. The van der Waals surface area contributed by atoms with E-state index < -0.39 is 0 Å². The molecular formula is C16H18N. The lowest BCUT2D eigenvalue weighted by molar-refractivity contribution is 0.667. The van der Waals surface area contributed by atoms with Gasteiger partial charge in [0.05, 0.1) is 5.70 Å². The SMILES string of the molecule is Cc1ccc(C2=CC3=C(CCCC3)[N]2)c(C)c1. The van der Waals surface area contributed by atoms with Crippen molar-refractivity contribution in [1.82, 2.24) is 5.32 Å². The summed E-state index contributed by atoms with van der Waals surface area (Å²) in [5.41, 5.74) is 7.94. The molecule has 0 atom stereocenters. The molecule has 0 aromatic heterocycles. The van der Waals surface area contributed by atoms with Gasteiger partial charge in [0, 0.05) is 11.3 Å². The van der Waals surface area contributed by atoms with Crippen LogP contribution in [0.1, 0.15) is 42.4 Å². The molecule has 1 aliphatic carbocycles. The van der Waals surface area contributed by atoms with Crippen LogP contribution in [0.15, 0.2) is 35.5 Å². The summed E-state index contributed by atoms with van der Waals surface area (Å²) < 4.78 is 0. The van der Waals surface area contributed by atoms with Crippen molar-refractivity contribution in [2.45, 2.75) is 39.5 Å². The zero-order valence-corrected chi connectivity index (χ0v) is 10.6. The Bertz CT molecular complexity index is 520. The van der Waals surface area contributed by atoms with Crippen LogP contribution in [-0.2, 0) is 0 Å². The smallest absolute Gasteiger partial charge is 0.0711 e. The number of aryl methyl sites for hydroxylation is 2. The summed E-state index contributed by atoms with van der Waals surface area (Å²) >= 11 is 0. The van der Waals surface area contributed by atoms with Crippen molar-refractivity contribution >= 4 is 5.70 Å². The lowest BCUT2D eigenvalue weighted by Gasteiger charge is -2.12. The number of rotatable bonds is 1. The third-order valence-electron chi connectivity index (χ3n) is 3.70. The highest BCUT2D eigenvalue weighted by Gasteiger charge is 2.21. The maximum Gasteiger partial charge on any atom is 0.0711 e. The third kappa shape index (κ3) is 1.90. The van der Waals surface area contributed by atoms with Crippen LogP contribution in [0.3, 0.4) is 0 Å². The lowest BCUT2D eigenvalue weighted by Crippen LogP contribution is -2.04.